The van der Waals surface area contributed by atoms with Crippen LogP contribution in [0.1, 0.15) is 6.42 Å². The van der Waals surface area contributed by atoms with E-state index in [0.717, 1.165) is 0 Å². The zero-order valence-corrected chi connectivity index (χ0v) is 13.0. The van der Waals surface area contributed by atoms with Gasteiger partial charge in [0.1, 0.15) is 0 Å². The van der Waals surface area contributed by atoms with Crippen LogP contribution in [0.2, 0.25) is 5.02 Å². The van der Waals surface area contributed by atoms with Crippen LogP contribution in [-0.2, 0) is 0 Å². The Balaban J connectivity index is 2.00. The fraction of sp³-hybridized carbons (Fsp3) is 0.357. The first-order valence-corrected chi connectivity index (χ1v) is 7.85. The van der Waals surface area contributed by atoms with Crippen LogP contribution >= 0.6 is 23.4 Å². The zero-order chi connectivity index (χ0) is 16.1. The number of anilines is 1. The molecule has 1 aliphatic rings. The van der Waals surface area contributed by atoms with Crippen molar-refractivity contribution in [1.29, 1.82) is 0 Å². The second-order valence-electron chi connectivity index (χ2n) is 4.76. The van der Waals surface area contributed by atoms with Gasteiger partial charge in [-0.05, 0) is 18.6 Å². The monoisotopic (exact) mass is 348 g/mol. The molecular weight excluding hydrogens is 334 g/mol. The Morgan fingerprint density at radius 1 is 1.45 bits per heavy atom. The minimum Gasteiger partial charge on any atom is -0.396 e. The molecule has 4 nitrogen and oxygen atoms in total. The molecule has 2 rings (SSSR count). The number of halogens is 3. The molecular formula is C14H15ClF2N2O2S. The maximum absolute atomic E-state index is 12.6. The summed E-state index contributed by atoms with van der Waals surface area (Å²) in [5.74, 6) is -2.60. The van der Waals surface area contributed by atoms with Crippen molar-refractivity contribution in [3.8, 4) is 0 Å². The molecule has 0 radical (unpaired) electrons. The van der Waals surface area contributed by atoms with E-state index in [1.807, 2.05) is 6.08 Å². The number of aliphatic hydroxyl groups is 1. The molecule has 1 aromatic rings. The minimum atomic E-state index is -2.63. The van der Waals surface area contributed by atoms with Crippen LogP contribution < -0.4 is 10.6 Å². The molecule has 0 saturated carbocycles. The van der Waals surface area contributed by atoms with Crippen LogP contribution in [0.5, 0.6) is 0 Å². The predicted octanol–water partition coefficient (Wildman–Crippen LogP) is 3.71. The summed E-state index contributed by atoms with van der Waals surface area (Å²) in [4.78, 5) is 12.1. The van der Waals surface area contributed by atoms with Crippen LogP contribution in [0.4, 0.5) is 19.3 Å². The van der Waals surface area contributed by atoms with E-state index in [-0.39, 0.29) is 45.9 Å². The van der Waals surface area contributed by atoms with Crippen LogP contribution in [0.15, 0.2) is 35.2 Å². The lowest BCUT2D eigenvalue weighted by Gasteiger charge is -2.16. The Bertz CT molecular complexity index is 572. The van der Waals surface area contributed by atoms with Gasteiger partial charge in [0.05, 0.1) is 15.6 Å². The lowest BCUT2D eigenvalue weighted by Crippen LogP contribution is -2.36. The molecule has 0 saturated heterocycles. The number of carbonyl (C=O) groups excluding carboxylic acids is 1. The summed E-state index contributed by atoms with van der Waals surface area (Å²) in [5.41, 5.74) is 0.232. The summed E-state index contributed by atoms with van der Waals surface area (Å²) < 4.78 is 25.1. The molecule has 0 fully saturated rings. The Hall–Kier alpha value is -1.31. The topological polar surface area (TPSA) is 61.4 Å². The fourth-order valence-corrected chi connectivity index (χ4v) is 3.07. The van der Waals surface area contributed by atoms with Crippen molar-refractivity contribution in [3.05, 3.63) is 35.4 Å². The van der Waals surface area contributed by atoms with Gasteiger partial charge in [0.15, 0.2) is 0 Å². The van der Waals surface area contributed by atoms with Gasteiger partial charge in [-0.2, -0.15) is 8.78 Å². The quantitative estimate of drug-likeness (QED) is 0.561. The number of nitrogens with one attached hydrogen (secondary N) is 2. The molecule has 3 N–H and O–H groups in total. The van der Waals surface area contributed by atoms with Gasteiger partial charge in [-0.15, -0.1) is 0 Å². The highest BCUT2D eigenvalue weighted by Gasteiger charge is 2.21. The molecule has 2 atom stereocenters. The van der Waals surface area contributed by atoms with E-state index in [4.69, 9.17) is 16.7 Å². The molecule has 0 heterocycles. The Morgan fingerprint density at radius 3 is 2.86 bits per heavy atom. The summed E-state index contributed by atoms with van der Waals surface area (Å²) in [6, 6.07) is 3.87. The van der Waals surface area contributed by atoms with Gasteiger partial charge >= 0.3 is 6.03 Å². The molecule has 0 aliphatic heterocycles. The third kappa shape index (κ3) is 4.59. The molecule has 22 heavy (non-hydrogen) atoms. The summed E-state index contributed by atoms with van der Waals surface area (Å²) in [6.07, 6.45) is 4.24. The first kappa shape index (κ1) is 17.1. The number of hydrogen-bond acceptors (Lipinski definition) is 3. The van der Waals surface area contributed by atoms with Crippen molar-refractivity contribution in [1.82, 2.24) is 5.32 Å². The molecule has 0 spiro atoms. The number of benzene rings is 1. The lowest BCUT2D eigenvalue weighted by atomic mass is 10.1. The molecule has 0 unspecified atom stereocenters. The Kier molecular flexibility index (Phi) is 6.05. The number of alkyl halides is 2. The van der Waals surface area contributed by atoms with Crippen molar-refractivity contribution in [2.75, 3.05) is 11.9 Å². The second-order valence-corrected chi connectivity index (χ2v) is 6.17. The summed E-state index contributed by atoms with van der Waals surface area (Å²) in [5, 5.41) is 14.4. The van der Waals surface area contributed by atoms with Crippen molar-refractivity contribution in [3.63, 3.8) is 0 Å². The first-order chi connectivity index (χ1) is 10.5. The number of thioether (sulfide) groups is 1. The maximum Gasteiger partial charge on any atom is 0.319 e. The summed E-state index contributed by atoms with van der Waals surface area (Å²) in [7, 11) is 0. The van der Waals surface area contributed by atoms with Crippen molar-refractivity contribution < 1.29 is 18.7 Å². The van der Waals surface area contributed by atoms with Gasteiger partial charge in [-0.1, -0.05) is 41.6 Å². The van der Waals surface area contributed by atoms with Crippen LogP contribution in [0.3, 0.4) is 0 Å². The van der Waals surface area contributed by atoms with E-state index >= 15 is 0 Å². The van der Waals surface area contributed by atoms with Crippen LogP contribution in [0, 0.1) is 5.92 Å². The molecule has 0 aromatic heterocycles. The number of urea groups is 1. The SMILES string of the molecule is O=C(Nc1cccc(Cl)c1SC(F)F)N[C@@H]1C=C[C@H](CO)C1. The van der Waals surface area contributed by atoms with Gasteiger partial charge in [-0.25, -0.2) is 4.79 Å². The van der Waals surface area contributed by atoms with Crippen molar-refractivity contribution >= 4 is 35.1 Å². The minimum absolute atomic E-state index is 0.0275. The van der Waals surface area contributed by atoms with E-state index in [2.05, 4.69) is 10.6 Å². The Morgan fingerprint density at radius 2 is 2.23 bits per heavy atom. The molecule has 0 bridgehead atoms. The third-order valence-electron chi connectivity index (χ3n) is 3.15. The van der Waals surface area contributed by atoms with E-state index in [9.17, 15) is 13.6 Å². The summed E-state index contributed by atoms with van der Waals surface area (Å²) >= 11 is 6.19. The third-order valence-corrected chi connectivity index (χ3v) is 4.43. The van der Waals surface area contributed by atoms with E-state index < -0.39 is 11.8 Å². The fourth-order valence-electron chi connectivity index (χ4n) is 2.16. The van der Waals surface area contributed by atoms with Crippen molar-refractivity contribution in [2.24, 2.45) is 5.92 Å². The number of aliphatic hydroxyl groups excluding tert-OH is 1. The molecule has 120 valence electrons. The first-order valence-electron chi connectivity index (χ1n) is 6.59. The maximum atomic E-state index is 12.6. The largest absolute Gasteiger partial charge is 0.396 e. The average molecular weight is 349 g/mol. The zero-order valence-electron chi connectivity index (χ0n) is 11.4. The van der Waals surface area contributed by atoms with Crippen molar-refractivity contribution in [2.45, 2.75) is 23.1 Å². The lowest BCUT2D eigenvalue weighted by molar-refractivity contribution is 0.238. The van der Waals surface area contributed by atoms with E-state index in [0.29, 0.717) is 6.42 Å². The van der Waals surface area contributed by atoms with E-state index in [1.165, 1.54) is 12.1 Å². The highest BCUT2D eigenvalue weighted by Crippen LogP contribution is 2.37. The summed E-state index contributed by atoms with van der Waals surface area (Å²) in [6.45, 7) is 0.0275. The molecule has 1 aliphatic carbocycles. The van der Waals surface area contributed by atoms with Gasteiger partial charge in [0.25, 0.3) is 5.76 Å². The van der Waals surface area contributed by atoms with Gasteiger partial charge in [0.2, 0.25) is 0 Å². The van der Waals surface area contributed by atoms with Gasteiger partial charge in [-0.3, -0.25) is 0 Å². The van der Waals surface area contributed by atoms with Gasteiger partial charge < -0.3 is 15.7 Å². The normalized spacial score (nSPS) is 20.4. The molecule has 1 aromatic carbocycles. The Labute approximate surface area is 135 Å². The predicted molar refractivity (Wildman–Crippen MR) is 83.6 cm³/mol. The standard InChI is InChI=1S/C14H15ClF2N2O2S/c15-10-2-1-3-11(12(10)22-13(16)17)19-14(21)18-9-5-4-8(6-9)7-20/h1-5,8-9,13,20H,6-7H2,(H2,18,19,21)/t8-,9+/m0/s1. The number of carbonyl (C=O) groups is 1. The molecule has 8 heteroatoms. The van der Waals surface area contributed by atoms with Gasteiger partial charge in [0, 0.05) is 18.6 Å². The number of rotatable bonds is 5. The highest BCUT2D eigenvalue weighted by atomic mass is 35.5. The average Bonchev–Trinajstić information content (AvgIpc) is 2.90. The smallest absolute Gasteiger partial charge is 0.319 e. The highest BCUT2D eigenvalue weighted by molar-refractivity contribution is 7.99. The number of hydrogen-bond donors (Lipinski definition) is 3. The molecule has 2 amide bonds. The second kappa shape index (κ2) is 7.80. The van der Waals surface area contributed by atoms with Crippen LogP contribution in [0.25, 0.3) is 0 Å². The van der Waals surface area contributed by atoms with E-state index in [1.54, 1.807) is 12.1 Å². The van der Waals surface area contributed by atoms with Crippen LogP contribution in [-0.4, -0.2) is 29.5 Å². The number of amides is 2.